The Morgan fingerprint density at radius 2 is 2.10 bits per heavy atom. The van der Waals surface area contributed by atoms with Crippen LogP contribution in [-0.4, -0.2) is 46.5 Å². The van der Waals surface area contributed by atoms with Gasteiger partial charge >= 0.3 is 0 Å². The lowest BCUT2D eigenvalue weighted by molar-refractivity contribution is 0.0347. The summed E-state index contributed by atoms with van der Waals surface area (Å²) in [7, 11) is 1.73. The Morgan fingerprint density at radius 3 is 2.80 bits per heavy atom. The topological polar surface area (TPSA) is 46.8 Å². The monoisotopic (exact) mass is 273 g/mol. The van der Waals surface area contributed by atoms with Gasteiger partial charge in [-0.2, -0.15) is 0 Å². The molecule has 0 saturated carbocycles. The first-order valence-corrected chi connectivity index (χ1v) is 6.96. The van der Waals surface area contributed by atoms with Gasteiger partial charge in [0.1, 0.15) is 11.3 Å². The van der Waals surface area contributed by atoms with Crippen LogP contribution in [0.5, 0.6) is 0 Å². The summed E-state index contributed by atoms with van der Waals surface area (Å²) in [5.41, 5.74) is 2.28. The lowest BCUT2D eigenvalue weighted by atomic mass is 10.1. The van der Waals surface area contributed by atoms with Crippen LogP contribution in [0.1, 0.15) is 29.0 Å². The van der Waals surface area contributed by atoms with Crippen molar-refractivity contribution in [3.8, 4) is 0 Å². The minimum atomic E-state index is 0.0655. The summed E-state index contributed by atoms with van der Waals surface area (Å²) in [4.78, 5) is 19.1. The van der Waals surface area contributed by atoms with Crippen LogP contribution < -0.4 is 0 Å². The number of fused-ring (bicyclic) bond motifs is 1. The van der Waals surface area contributed by atoms with Gasteiger partial charge in [0.15, 0.2) is 0 Å². The highest BCUT2D eigenvalue weighted by molar-refractivity contribution is 5.94. The molecule has 1 aliphatic rings. The summed E-state index contributed by atoms with van der Waals surface area (Å²) in [6.45, 7) is 3.38. The van der Waals surface area contributed by atoms with E-state index in [0.717, 1.165) is 37.3 Å². The van der Waals surface area contributed by atoms with Crippen LogP contribution in [0.2, 0.25) is 0 Å². The summed E-state index contributed by atoms with van der Waals surface area (Å²) >= 11 is 0. The Hall–Kier alpha value is -1.88. The zero-order chi connectivity index (χ0) is 14.1. The molecule has 0 radical (unpaired) electrons. The molecule has 1 aliphatic heterocycles. The van der Waals surface area contributed by atoms with Crippen molar-refractivity contribution in [2.45, 2.75) is 25.9 Å². The van der Waals surface area contributed by atoms with Gasteiger partial charge < -0.3 is 9.64 Å². The number of aromatic nitrogens is 2. The molecule has 0 unspecified atom stereocenters. The van der Waals surface area contributed by atoms with Gasteiger partial charge in [-0.3, -0.25) is 9.20 Å². The number of methoxy groups -OCH3 is 1. The van der Waals surface area contributed by atoms with Crippen molar-refractivity contribution in [3.63, 3.8) is 0 Å². The lowest BCUT2D eigenvalue weighted by Crippen LogP contribution is -2.41. The summed E-state index contributed by atoms with van der Waals surface area (Å²) in [6.07, 6.45) is 3.97. The Kier molecular flexibility index (Phi) is 3.44. The van der Waals surface area contributed by atoms with E-state index in [4.69, 9.17) is 4.74 Å². The summed E-state index contributed by atoms with van der Waals surface area (Å²) < 4.78 is 7.22. The number of rotatable bonds is 2. The number of aryl methyl sites for hydroxylation is 1. The Morgan fingerprint density at radius 1 is 1.35 bits per heavy atom. The average Bonchev–Trinajstić information content (AvgIpc) is 2.82. The second-order valence-corrected chi connectivity index (χ2v) is 5.20. The molecular formula is C15H19N3O2. The van der Waals surface area contributed by atoms with Crippen molar-refractivity contribution in [3.05, 3.63) is 35.8 Å². The maximum Gasteiger partial charge on any atom is 0.272 e. The first kappa shape index (κ1) is 13.1. The summed E-state index contributed by atoms with van der Waals surface area (Å²) in [6, 6.07) is 5.77. The number of piperidine rings is 1. The first-order chi connectivity index (χ1) is 9.70. The lowest BCUT2D eigenvalue weighted by Gasteiger charge is -2.31. The number of ether oxygens (including phenoxy) is 1. The third-order valence-electron chi connectivity index (χ3n) is 3.97. The minimum Gasteiger partial charge on any atom is -0.381 e. The molecule has 0 bridgehead atoms. The fourth-order valence-corrected chi connectivity index (χ4v) is 2.82. The number of carbonyl (C=O) groups excluding carboxylic acids is 1. The highest BCUT2D eigenvalue weighted by Gasteiger charge is 2.26. The Bertz CT molecular complexity index is 627. The molecule has 0 aromatic carbocycles. The molecule has 3 heterocycles. The molecule has 1 saturated heterocycles. The molecule has 1 amide bonds. The van der Waals surface area contributed by atoms with Crippen molar-refractivity contribution in [1.29, 1.82) is 0 Å². The smallest absolute Gasteiger partial charge is 0.272 e. The normalized spacial score (nSPS) is 16.8. The first-order valence-electron chi connectivity index (χ1n) is 6.96. The molecule has 1 fully saturated rings. The fourth-order valence-electron chi connectivity index (χ4n) is 2.82. The standard InChI is InChI=1S/C15H19N3O2/c1-11-14(18-8-4-3-5-13(18)16-11)15(19)17-9-6-12(20-2)7-10-17/h3-5,8,12H,6-7,9-10H2,1-2H3. The van der Waals surface area contributed by atoms with E-state index in [1.165, 1.54) is 0 Å². The van der Waals surface area contributed by atoms with E-state index < -0.39 is 0 Å². The number of carbonyl (C=O) groups is 1. The molecule has 2 aromatic rings. The molecule has 5 heteroatoms. The molecule has 0 aliphatic carbocycles. The Balaban J connectivity index is 1.88. The van der Waals surface area contributed by atoms with Crippen LogP contribution in [0.25, 0.3) is 5.65 Å². The Labute approximate surface area is 118 Å². The van der Waals surface area contributed by atoms with E-state index >= 15 is 0 Å². The predicted octanol–water partition coefficient (Wildman–Crippen LogP) is 1.89. The molecule has 0 N–H and O–H groups in total. The molecule has 106 valence electrons. The predicted molar refractivity (Wildman–Crippen MR) is 75.9 cm³/mol. The number of nitrogens with zero attached hydrogens (tertiary/aromatic N) is 3. The second-order valence-electron chi connectivity index (χ2n) is 5.20. The van der Waals surface area contributed by atoms with Crippen LogP contribution >= 0.6 is 0 Å². The largest absolute Gasteiger partial charge is 0.381 e. The molecule has 0 spiro atoms. The van der Waals surface area contributed by atoms with E-state index in [9.17, 15) is 4.79 Å². The maximum atomic E-state index is 12.7. The van der Waals surface area contributed by atoms with Gasteiger partial charge in [0.25, 0.3) is 5.91 Å². The zero-order valence-electron chi connectivity index (χ0n) is 11.9. The quantitative estimate of drug-likeness (QED) is 0.839. The molecule has 2 aromatic heterocycles. The molecule has 0 atom stereocenters. The van der Waals surface area contributed by atoms with E-state index in [-0.39, 0.29) is 12.0 Å². The highest BCUT2D eigenvalue weighted by Crippen LogP contribution is 2.18. The molecule has 20 heavy (non-hydrogen) atoms. The highest BCUT2D eigenvalue weighted by atomic mass is 16.5. The van der Waals surface area contributed by atoms with Gasteiger partial charge in [0, 0.05) is 26.4 Å². The van der Waals surface area contributed by atoms with Crippen molar-refractivity contribution in [2.75, 3.05) is 20.2 Å². The third kappa shape index (κ3) is 2.18. The van der Waals surface area contributed by atoms with Crippen molar-refractivity contribution >= 4 is 11.6 Å². The minimum absolute atomic E-state index is 0.0655. The SMILES string of the molecule is COC1CCN(C(=O)c2c(C)nc3ccccn23)CC1. The summed E-state index contributed by atoms with van der Waals surface area (Å²) in [5, 5.41) is 0. The van der Waals surface area contributed by atoms with Crippen LogP contribution in [0, 0.1) is 6.92 Å². The molecule has 3 rings (SSSR count). The van der Waals surface area contributed by atoms with E-state index in [1.807, 2.05) is 40.6 Å². The fraction of sp³-hybridized carbons (Fsp3) is 0.467. The van der Waals surface area contributed by atoms with Crippen molar-refractivity contribution in [2.24, 2.45) is 0 Å². The number of likely N-dealkylation sites (tertiary alicyclic amines) is 1. The van der Waals surface area contributed by atoms with E-state index in [0.29, 0.717) is 5.69 Å². The summed E-state index contributed by atoms with van der Waals surface area (Å²) in [5.74, 6) is 0.0655. The van der Waals surface area contributed by atoms with Crippen LogP contribution in [0.3, 0.4) is 0 Å². The number of pyridine rings is 1. The number of amides is 1. The van der Waals surface area contributed by atoms with Crippen LogP contribution in [0.15, 0.2) is 24.4 Å². The maximum absolute atomic E-state index is 12.7. The van der Waals surface area contributed by atoms with Gasteiger partial charge in [-0.15, -0.1) is 0 Å². The van der Waals surface area contributed by atoms with Gasteiger partial charge in [-0.05, 0) is 31.9 Å². The number of imidazole rings is 1. The van der Waals surface area contributed by atoms with Gasteiger partial charge in [0.05, 0.1) is 11.8 Å². The van der Waals surface area contributed by atoms with Gasteiger partial charge in [-0.25, -0.2) is 4.98 Å². The third-order valence-corrected chi connectivity index (χ3v) is 3.97. The zero-order valence-corrected chi connectivity index (χ0v) is 11.9. The number of hydrogen-bond acceptors (Lipinski definition) is 3. The van der Waals surface area contributed by atoms with Crippen molar-refractivity contribution in [1.82, 2.24) is 14.3 Å². The van der Waals surface area contributed by atoms with Crippen LogP contribution in [-0.2, 0) is 4.74 Å². The molecule has 5 nitrogen and oxygen atoms in total. The van der Waals surface area contributed by atoms with Gasteiger partial charge in [-0.1, -0.05) is 6.07 Å². The van der Waals surface area contributed by atoms with Gasteiger partial charge in [0.2, 0.25) is 0 Å². The molecular weight excluding hydrogens is 254 g/mol. The van der Waals surface area contributed by atoms with Crippen LogP contribution in [0.4, 0.5) is 0 Å². The van der Waals surface area contributed by atoms with E-state index in [1.54, 1.807) is 7.11 Å². The number of hydrogen-bond donors (Lipinski definition) is 0. The van der Waals surface area contributed by atoms with Crippen molar-refractivity contribution < 1.29 is 9.53 Å². The van der Waals surface area contributed by atoms with E-state index in [2.05, 4.69) is 4.98 Å². The second kappa shape index (κ2) is 5.25. The average molecular weight is 273 g/mol.